The summed E-state index contributed by atoms with van der Waals surface area (Å²) in [7, 11) is 1.48. The number of pyridine rings is 1. The van der Waals surface area contributed by atoms with E-state index in [1.807, 2.05) is 18.2 Å². The maximum atomic E-state index is 12.2. The standard InChI is InChI=1S/C16H19ClN4O2.2ClH/c1-23-14-10-13(18)12(17)9-11(14)16(22)21-8-4-7-20-15-5-2-3-6-19-15;;/h2-3,5-6,9-10H,4,7-8,18H2,1H3,(H,19,20)(H,21,22);2*1H. The molecule has 1 amide bonds. The second-order valence-corrected chi connectivity index (χ2v) is 5.23. The summed E-state index contributed by atoms with van der Waals surface area (Å²) in [4.78, 5) is 16.4. The lowest BCUT2D eigenvalue weighted by Crippen LogP contribution is -2.26. The van der Waals surface area contributed by atoms with Crippen molar-refractivity contribution >= 4 is 53.8 Å². The van der Waals surface area contributed by atoms with Crippen LogP contribution in [0.15, 0.2) is 36.5 Å². The van der Waals surface area contributed by atoms with E-state index in [-0.39, 0.29) is 30.7 Å². The van der Waals surface area contributed by atoms with Crippen molar-refractivity contribution in [1.29, 1.82) is 0 Å². The van der Waals surface area contributed by atoms with E-state index in [0.29, 0.717) is 35.1 Å². The molecule has 0 saturated heterocycles. The zero-order valence-electron chi connectivity index (χ0n) is 13.6. The van der Waals surface area contributed by atoms with Crippen molar-refractivity contribution in [2.45, 2.75) is 6.42 Å². The Morgan fingerprint density at radius 3 is 2.68 bits per heavy atom. The highest BCUT2D eigenvalue weighted by Crippen LogP contribution is 2.28. The predicted octanol–water partition coefficient (Wildman–Crippen LogP) is 3.40. The topological polar surface area (TPSA) is 89.3 Å². The van der Waals surface area contributed by atoms with Gasteiger partial charge in [0.05, 0.1) is 23.4 Å². The molecule has 9 heteroatoms. The minimum absolute atomic E-state index is 0. The first kappa shape index (κ1) is 23.1. The third-order valence-electron chi connectivity index (χ3n) is 3.17. The van der Waals surface area contributed by atoms with Gasteiger partial charge in [0.25, 0.3) is 5.91 Å². The van der Waals surface area contributed by atoms with Crippen LogP contribution in [0.25, 0.3) is 0 Å². The summed E-state index contributed by atoms with van der Waals surface area (Å²) in [6.07, 6.45) is 2.48. The van der Waals surface area contributed by atoms with Crippen LogP contribution >= 0.6 is 36.4 Å². The van der Waals surface area contributed by atoms with E-state index in [0.717, 1.165) is 12.2 Å². The number of carbonyl (C=O) groups excluding carboxylic acids is 1. The lowest BCUT2D eigenvalue weighted by molar-refractivity contribution is 0.0950. The van der Waals surface area contributed by atoms with Crippen molar-refractivity contribution in [3.8, 4) is 5.75 Å². The van der Waals surface area contributed by atoms with E-state index >= 15 is 0 Å². The maximum absolute atomic E-state index is 12.2. The number of anilines is 2. The molecular formula is C16H21Cl3N4O2. The molecule has 0 bridgehead atoms. The Balaban J connectivity index is 0.00000288. The smallest absolute Gasteiger partial charge is 0.255 e. The summed E-state index contributed by atoms with van der Waals surface area (Å²) < 4.78 is 5.17. The average molecular weight is 408 g/mol. The number of carbonyl (C=O) groups is 1. The number of ether oxygens (including phenoxy) is 1. The van der Waals surface area contributed by atoms with E-state index < -0.39 is 0 Å². The number of nitrogens with zero attached hydrogens (tertiary/aromatic N) is 1. The molecule has 0 fully saturated rings. The second kappa shape index (κ2) is 11.6. The predicted molar refractivity (Wildman–Crippen MR) is 107 cm³/mol. The maximum Gasteiger partial charge on any atom is 0.255 e. The van der Waals surface area contributed by atoms with Gasteiger partial charge in [0, 0.05) is 25.4 Å². The molecule has 0 spiro atoms. The summed E-state index contributed by atoms with van der Waals surface area (Å²) in [6.45, 7) is 1.22. The number of nitrogens with one attached hydrogen (secondary N) is 2. The van der Waals surface area contributed by atoms with Gasteiger partial charge < -0.3 is 21.1 Å². The highest BCUT2D eigenvalue weighted by Gasteiger charge is 2.14. The highest BCUT2D eigenvalue weighted by molar-refractivity contribution is 6.33. The SMILES string of the molecule is COc1cc(N)c(Cl)cc1C(=O)NCCCNc1ccccn1.Cl.Cl. The molecular weight excluding hydrogens is 387 g/mol. The summed E-state index contributed by atoms with van der Waals surface area (Å²) in [5, 5.41) is 6.33. The van der Waals surface area contributed by atoms with Crippen LogP contribution in [0.4, 0.5) is 11.5 Å². The number of rotatable bonds is 7. The number of amides is 1. The average Bonchev–Trinajstić information content (AvgIpc) is 2.57. The van der Waals surface area contributed by atoms with Gasteiger partial charge in [0.15, 0.2) is 0 Å². The Bertz CT molecular complexity index is 672. The van der Waals surface area contributed by atoms with Crippen molar-refractivity contribution in [3.05, 3.63) is 47.1 Å². The Labute approximate surface area is 164 Å². The fraction of sp³-hybridized carbons (Fsp3) is 0.250. The van der Waals surface area contributed by atoms with E-state index in [1.54, 1.807) is 12.3 Å². The molecule has 0 unspecified atom stereocenters. The number of nitrogen functional groups attached to an aromatic ring is 1. The molecule has 138 valence electrons. The monoisotopic (exact) mass is 406 g/mol. The first-order valence-corrected chi connectivity index (χ1v) is 7.55. The Morgan fingerprint density at radius 1 is 1.28 bits per heavy atom. The molecule has 1 aromatic heterocycles. The fourth-order valence-electron chi connectivity index (χ4n) is 1.98. The molecule has 6 nitrogen and oxygen atoms in total. The van der Waals surface area contributed by atoms with Crippen molar-refractivity contribution in [3.63, 3.8) is 0 Å². The Kier molecular flexibility index (Phi) is 10.7. The normalized spacial score (nSPS) is 9.36. The summed E-state index contributed by atoms with van der Waals surface area (Å²) in [6, 6.07) is 8.71. The molecule has 0 radical (unpaired) electrons. The molecule has 4 N–H and O–H groups in total. The van der Waals surface area contributed by atoms with Gasteiger partial charge in [0.1, 0.15) is 11.6 Å². The van der Waals surface area contributed by atoms with E-state index in [1.165, 1.54) is 13.2 Å². The number of benzene rings is 1. The van der Waals surface area contributed by atoms with Gasteiger partial charge in [-0.25, -0.2) is 4.98 Å². The largest absolute Gasteiger partial charge is 0.496 e. The first-order chi connectivity index (χ1) is 11.1. The third kappa shape index (κ3) is 6.86. The second-order valence-electron chi connectivity index (χ2n) is 4.83. The van der Waals surface area contributed by atoms with Gasteiger partial charge in [-0.3, -0.25) is 4.79 Å². The van der Waals surface area contributed by atoms with Crippen LogP contribution in [0.5, 0.6) is 5.75 Å². The molecule has 0 aliphatic carbocycles. The number of nitrogens with two attached hydrogens (primary N) is 1. The fourth-order valence-corrected chi connectivity index (χ4v) is 2.15. The van der Waals surface area contributed by atoms with Gasteiger partial charge in [-0.05, 0) is 24.6 Å². The van der Waals surface area contributed by atoms with Crippen molar-refractivity contribution < 1.29 is 9.53 Å². The summed E-state index contributed by atoms with van der Waals surface area (Å²) >= 11 is 5.96. The number of hydrogen-bond donors (Lipinski definition) is 3. The van der Waals surface area contributed by atoms with Gasteiger partial charge >= 0.3 is 0 Å². The molecule has 2 aromatic rings. The van der Waals surface area contributed by atoms with Crippen LogP contribution < -0.4 is 21.1 Å². The van der Waals surface area contributed by atoms with Crippen molar-refractivity contribution in [1.82, 2.24) is 10.3 Å². The van der Waals surface area contributed by atoms with Crippen LogP contribution in [-0.2, 0) is 0 Å². The number of hydrogen-bond acceptors (Lipinski definition) is 5. The van der Waals surface area contributed by atoms with Gasteiger partial charge in [-0.1, -0.05) is 17.7 Å². The van der Waals surface area contributed by atoms with E-state index in [4.69, 9.17) is 22.1 Å². The number of aromatic nitrogens is 1. The number of halogens is 3. The number of methoxy groups -OCH3 is 1. The molecule has 0 atom stereocenters. The van der Waals surface area contributed by atoms with Crippen molar-refractivity contribution in [2.75, 3.05) is 31.2 Å². The van der Waals surface area contributed by atoms with Crippen molar-refractivity contribution in [2.24, 2.45) is 0 Å². The zero-order chi connectivity index (χ0) is 16.7. The lowest BCUT2D eigenvalue weighted by atomic mass is 10.1. The van der Waals surface area contributed by atoms with Crippen LogP contribution in [-0.4, -0.2) is 31.1 Å². The van der Waals surface area contributed by atoms with E-state index in [9.17, 15) is 4.79 Å². The molecule has 25 heavy (non-hydrogen) atoms. The summed E-state index contributed by atoms with van der Waals surface area (Å²) in [5.41, 5.74) is 6.44. The third-order valence-corrected chi connectivity index (χ3v) is 3.50. The lowest BCUT2D eigenvalue weighted by Gasteiger charge is -2.11. The van der Waals surface area contributed by atoms with E-state index in [2.05, 4.69) is 15.6 Å². The molecule has 0 saturated carbocycles. The minimum Gasteiger partial charge on any atom is -0.496 e. The molecule has 1 heterocycles. The van der Waals surface area contributed by atoms with Crippen LogP contribution in [0.2, 0.25) is 5.02 Å². The Hall–Kier alpha value is -1.89. The van der Waals surface area contributed by atoms with Crippen LogP contribution in [0.1, 0.15) is 16.8 Å². The molecule has 1 aromatic carbocycles. The zero-order valence-corrected chi connectivity index (χ0v) is 16.0. The van der Waals surface area contributed by atoms with Gasteiger partial charge in [-0.2, -0.15) is 0 Å². The first-order valence-electron chi connectivity index (χ1n) is 7.18. The highest BCUT2D eigenvalue weighted by atomic mass is 35.5. The van der Waals surface area contributed by atoms with Gasteiger partial charge in [0.2, 0.25) is 0 Å². The quantitative estimate of drug-likeness (QED) is 0.483. The minimum atomic E-state index is -0.249. The molecule has 0 aliphatic heterocycles. The van der Waals surface area contributed by atoms with Gasteiger partial charge in [-0.15, -0.1) is 24.8 Å². The summed E-state index contributed by atoms with van der Waals surface area (Å²) in [5.74, 6) is 0.961. The van der Waals surface area contributed by atoms with Crippen LogP contribution in [0, 0.1) is 0 Å². The van der Waals surface area contributed by atoms with Crippen LogP contribution in [0.3, 0.4) is 0 Å². The molecule has 0 aliphatic rings. The molecule has 2 rings (SSSR count). The Morgan fingerprint density at radius 2 is 2.04 bits per heavy atom.